The number of halogens is 3. The number of amides is 1. The van der Waals surface area contributed by atoms with Gasteiger partial charge in [0.25, 0.3) is 0 Å². The molecule has 0 spiro atoms. The Balaban J connectivity index is 1.94. The first kappa shape index (κ1) is 19.7. The lowest BCUT2D eigenvalue weighted by atomic mass is 9.90. The van der Waals surface area contributed by atoms with Crippen LogP contribution in [0.5, 0.6) is 0 Å². The molecule has 1 atom stereocenters. The van der Waals surface area contributed by atoms with Crippen molar-refractivity contribution >= 4 is 11.9 Å². The number of fused-ring (bicyclic) bond motifs is 1. The number of ether oxygens (including phenoxy) is 1. The number of carbonyl (C=O) groups excluding carboxylic acids is 2. The third-order valence-electron chi connectivity index (χ3n) is 4.81. The molecule has 0 saturated carbocycles. The predicted octanol–water partition coefficient (Wildman–Crippen LogP) is 3.98. The second-order valence-electron chi connectivity index (χ2n) is 6.47. The van der Waals surface area contributed by atoms with Crippen LogP contribution in [0.2, 0.25) is 0 Å². The Kier molecular flexibility index (Phi) is 5.27. The minimum Gasteiger partial charge on any atom is -0.467 e. The van der Waals surface area contributed by atoms with Crippen LogP contribution in [0.15, 0.2) is 55.1 Å². The predicted molar refractivity (Wildman–Crippen MR) is 97.1 cm³/mol. The number of esters is 1. The second kappa shape index (κ2) is 7.50. The summed E-state index contributed by atoms with van der Waals surface area (Å²) in [5.41, 5.74) is 2.37. The van der Waals surface area contributed by atoms with Crippen LogP contribution in [0.1, 0.15) is 16.7 Å². The van der Waals surface area contributed by atoms with Crippen molar-refractivity contribution < 1.29 is 27.5 Å². The lowest BCUT2D eigenvalue weighted by molar-refractivity contribution is -0.152. The van der Waals surface area contributed by atoms with E-state index in [9.17, 15) is 22.8 Å². The van der Waals surface area contributed by atoms with E-state index in [0.717, 1.165) is 34.9 Å². The molecule has 0 aromatic heterocycles. The second-order valence-corrected chi connectivity index (χ2v) is 6.47. The Hall–Kier alpha value is -3.09. The number of hydrogen-bond acceptors (Lipinski definition) is 3. The summed E-state index contributed by atoms with van der Waals surface area (Å²) in [6.45, 7) is 3.66. The highest BCUT2D eigenvalue weighted by Gasteiger charge is 2.34. The molecule has 2 aromatic rings. The van der Waals surface area contributed by atoms with Gasteiger partial charge in [-0.2, -0.15) is 13.2 Å². The molecule has 1 aliphatic rings. The zero-order valence-corrected chi connectivity index (χ0v) is 15.1. The Morgan fingerprint density at radius 2 is 1.75 bits per heavy atom. The van der Waals surface area contributed by atoms with Crippen molar-refractivity contribution in [1.82, 2.24) is 4.90 Å². The van der Waals surface area contributed by atoms with Gasteiger partial charge in [0, 0.05) is 13.0 Å². The van der Waals surface area contributed by atoms with Gasteiger partial charge in [-0.05, 0) is 46.5 Å². The van der Waals surface area contributed by atoms with Gasteiger partial charge in [0.1, 0.15) is 6.04 Å². The molecule has 0 N–H and O–H groups in total. The zero-order valence-electron chi connectivity index (χ0n) is 15.1. The number of hydrogen-bond donors (Lipinski definition) is 0. The fourth-order valence-electron chi connectivity index (χ4n) is 3.31. The summed E-state index contributed by atoms with van der Waals surface area (Å²) in [5.74, 6) is -0.895. The lowest BCUT2D eigenvalue weighted by Gasteiger charge is -2.34. The van der Waals surface area contributed by atoms with Crippen LogP contribution in [0.4, 0.5) is 13.2 Å². The van der Waals surface area contributed by atoms with E-state index in [1.165, 1.54) is 24.1 Å². The summed E-state index contributed by atoms with van der Waals surface area (Å²) in [7, 11) is 1.27. The van der Waals surface area contributed by atoms with E-state index in [4.69, 9.17) is 4.74 Å². The third kappa shape index (κ3) is 3.78. The number of benzene rings is 2. The zero-order chi connectivity index (χ0) is 20.5. The average molecular weight is 389 g/mol. The van der Waals surface area contributed by atoms with Crippen LogP contribution < -0.4 is 0 Å². The maximum atomic E-state index is 12.7. The number of methoxy groups -OCH3 is 1. The molecule has 1 heterocycles. The summed E-state index contributed by atoms with van der Waals surface area (Å²) in [5, 5.41) is 0. The number of nitrogens with zero attached hydrogens (tertiary/aromatic N) is 1. The molecule has 0 aliphatic carbocycles. The van der Waals surface area contributed by atoms with Gasteiger partial charge in [-0.25, -0.2) is 4.79 Å². The van der Waals surface area contributed by atoms with E-state index in [1.807, 2.05) is 12.1 Å². The normalized spacial score (nSPS) is 16.3. The summed E-state index contributed by atoms with van der Waals surface area (Å²) < 4.78 is 43.0. The number of rotatable bonds is 3. The van der Waals surface area contributed by atoms with Crippen LogP contribution in [-0.4, -0.2) is 29.9 Å². The molecule has 0 fully saturated rings. The minimum absolute atomic E-state index is 0.189. The fraction of sp³-hybridized carbons (Fsp3) is 0.238. The van der Waals surface area contributed by atoms with Crippen LogP contribution in [0.25, 0.3) is 11.1 Å². The highest BCUT2D eigenvalue weighted by molar-refractivity contribution is 5.91. The minimum atomic E-state index is -4.39. The molecule has 1 amide bonds. The number of carbonyl (C=O) groups is 2. The van der Waals surface area contributed by atoms with Gasteiger partial charge in [0.2, 0.25) is 5.91 Å². The van der Waals surface area contributed by atoms with Gasteiger partial charge in [-0.3, -0.25) is 4.79 Å². The van der Waals surface area contributed by atoms with E-state index >= 15 is 0 Å². The fourth-order valence-corrected chi connectivity index (χ4v) is 3.31. The Labute approximate surface area is 160 Å². The molecule has 1 aliphatic heterocycles. The molecule has 28 heavy (non-hydrogen) atoms. The van der Waals surface area contributed by atoms with Crippen LogP contribution in [-0.2, 0) is 33.5 Å². The maximum absolute atomic E-state index is 12.7. The highest BCUT2D eigenvalue weighted by Crippen LogP contribution is 2.33. The maximum Gasteiger partial charge on any atom is 0.416 e. The third-order valence-corrected chi connectivity index (χ3v) is 4.81. The van der Waals surface area contributed by atoms with Crippen LogP contribution in [0.3, 0.4) is 0 Å². The molecule has 0 saturated heterocycles. The molecule has 3 rings (SSSR count). The van der Waals surface area contributed by atoms with Crippen molar-refractivity contribution in [3.63, 3.8) is 0 Å². The van der Waals surface area contributed by atoms with Crippen LogP contribution >= 0.6 is 0 Å². The molecular weight excluding hydrogens is 371 g/mol. The molecule has 7 heteroatoms. The van der Waals surface area contributed by atoms with Gasteiger partial charge in [0.05, 0.1) is 12.7 Å². The van der Waals surface area contributed by atoms with Gasteiger partial charge in [-0.1, -0.05) is 30.8 Å². The van der Waals surface area contributed by atoms with Crippen molar-refractivity contribution in [1.29, 1.82) is 0 Å². The van der Waals surface area contributed by atoms with Crippen molar-refractivity contribution in [3.8, 4) is 11.1 Å². The van der Waals surface area contributed by atoms with Gasteiger partial charge < -0.3 is 9.64 Å². The SMILES string of the molecule is C=CC(=O)N1Cc2cc(-c3ccc(C(F)(F)F)cc3)ccc2C[C@H]1C(=O)OC. The largest absolute Gasteiger partial charge is 0.467 e. The molecule has 4 nitrogen and oxygen atoms in total. The van der Waals surface area contributed by atoms with E-state index in [0.29, 0.717) is 12.0 Å². The van der Waals surface area contributed by atoms with Gasteiger partial charge in [0.15, 0.2) is 0 Å². The molecule has 0 radical (unpaired) electrons. The quantitative estimate of drug-likeness (QED) is 0.589. The first-order valence-electron chi connectivity index (χ1n) is 8.55. The first-order chi connectivity index (χ1) is 13.2. The first-order valence-corrected chi connectivity index (χ1v) is 8.55. The average Bonchev–Trinajstić information content (AvgIpc) is 2.70. The molecule has 146 valence electrons. The number of alkyl halides is 3. The monoisotopic (exact) mass is 389 g/mol. The van der Waals surface area contributed by atoms with E-state index in [2.05, 4.69) is 6.58 Å². The summed E-state index contributed by atoms with van der Waals surface area (Å²) in [4.78, 5) is 25.6. The van der Waals surface area contributed by atoms with E-state index < -0.39 is 23.8 Å². The lowest BCUT2D eigenvalue weighted by Crippen LogP contribution is -2.48. The van der Waals surface area contributed by atoms with E-state index in [1.54, 1.807) is 6.07 Å². The molecule has 0 unspecified atom stereocenters. The summed E-state index contributed by atoms with van der Waals surface area (Å²) in [6, 6.07) is 9.61. The van der Waals surface area contributed by atoms with E-state index in [-0.39, 0.29) is 12.5 Å². The molecule has 2 aromatic carbocycles. The van der Waals surface area contributed by atoms with Crippen molar-refractivity contribution in [2.75, 3.05) is 7.11 Å². The van der Waals surface area contributed by atoms with Gasteiger partial charge >= 0.3 is 12.1 Å². The standard InChI is InChI=1S/C21H18F3NO3/c1-3-19(26)25-12-16-10-14(4-5-15(16)11-18(25)20(27)28-2)13-6-8-17(9-7-13)21(22,23)24/h3-10,18H,1,11-12H2,2H3/t18-/m0/s1. The topological polar surface area (TPSA) is 46.6 Å². The summed E-state index contributed by atoms with van der Waals surface area (Å²) >= 11 is 0. The van der Waals surface area contributed by atoms with Crippen LogP contribution in [0, 0.1) is 0 Å². The molecular formula is C21H18F3NO3. The highest BCUT2D eigenvalue weighted by atomic mass is 19.4. The smallest absolute Gasteiger partial charge is 0.416 e. The Morgan fingerprint density at radius 1 is 1.11 bits per heavy atom. The van der Waals surface area contributed by atoms with Crippen molar-refractivity contribution in [2.45, 2.75) is 25.2 Å². The Bertz CT molecular complexity index is 919. The van der Waals surface area contributed by atoms with Gasteiger partial charge in [-0.15, -0.1) is 0 Å². The van der Waals surface area contributed by atoms with Crippen molar-refractivity contribution in [2.24, 2.45) is 0 Å². The Morgan fingerprint density at radius 3 is 2.32 bits per heavy atom. The molecule has 0 bridgehead atoms. The summed E-state index contributed by atoms with van der Waals surface area (Å²) in [6.07, 6.45) is -2.95. The van der Waals surface area contributed by atoms with Crippen molar-refractivity contribution in [3.05, 3.63) is 71.8 Å².